The first-order valence-corrected chi connectivity index (χ1v) is 14.6. The highest BCUT2D eigenvalue weighted by molar-refractivity contribution is 6.43. The molecule has 0 fully saturated rings. The number of anilines is 2. The molecule has 2 N–H and O–H groups in total. The summed E-state index contributed by atoms with van der Waals surface area (Å²) in [6.45, 7) is 5.71. The van der Waals surface area contributed by atoms with E-state index in [-0.39, 0.29) is 29.4 Å². The highest BCUT2D eigenvalue weighted by Crippen LogP contribution is 2.37. The summed E-state index contributed by atoms with van der Waals surface area (Å²) in [5.41, 5.74) is 2.67. The zero-order chi connectivity index (χ0) is 31.5. The second-order valence-corrected chi connectivity index (χ2v) is 10.3. The minimum atomic E-state index is -0.807. The van der Waals surface area contributed by atoms with E-state index in [4.69, 9.17) is 32.7 Å². The van der Waals surface area contributed by atoms with Gasteiger partial charge in [-0.2, -0.15) is 0 Å². The molecular weight excluding hydrogens is 597 g/mol. The highest BCUT2D eigenvalue weighted by Gasteiger charge is 2.39. The number of hydrogen-bond acceptors (Lipinski definition) is 7. The molecule has 0 bridgehead atoms. The number of rotatable bonds is 8. The van der Waals surface area contributed by atoms with Crippen LogP contribution in [0.15, 0.2) is 64.7 Å². The zero-order valence-corrected chi connectivity index (χ0v) is 25.6. The summed E-state index contributed by atoms with van der Waals surface area (Å²) < 4.78 is 9.74. The number of carbonyl (C=O) groups excluding carboxylic acids is 5. The van der Waals surface area contributed by atoms with Gasteiger partial charge in [0.25, 0.3) is 17.7 Å². The van der Waals surface area contributed by atoms with Crippen molar-refractivity contribution in [1.29, 1.82) is 0 Å². The van der Waals surface area contributed by atoms with Crippen LogP contribution in [0, 0.1) is 0 Å². The maximum atomic E-state index is 12.7. The summed E-state index contributed by atoms with van der Waals surface area (Å²) in [5.74, 6) is -1.53. The lowest BCUT2D eigenvalue weighted by Gasteiger charge is -2.16. The van der Waals surface area contributed by atoms with Crippen LogP contribution < -0.4 is 15.5 Å². The standard InChI is InChI=1S/C19H17Cl2NO4.C12H16N2O3/c1-2-26-19(25)16(21)10-11-9-12(7-8-15(11)20)22-17(23)13-5-3-4-6-14(13)18(22)24;1-3-13-11(15)9(2)17-12(16)14-10-7-5-4-6-8-10/h7-10H,2-6H2,1H3;4-9H,3H2,1-2H3,(H,13,15)(H,14,16)/b16-10-;. The number of likely N-dealkylation sites (N-methyl/N-ethyl adjacent to an activating group) is 1. The minimum absolute atomic E-state index is 0.137. The molecule has 12 heteroatoms. The number of esters is 1. The smallest absolute Gasteiger partial charge is 0.412 e. The fraction of sp³-hybridized carbons (Fsp3) is 0.323. The quantitative estimate of drug-likeness (QED) is 0.208. The molecule has 0 aromatic heterocycles. The molecule has 0 spiro atoms. The van der Waals surface area contributed by atoms with Crippen LogP contribution in [0.4, 0.5) is 16.2 Å². The Hall–Kier alpha value is -4.15. The zero-order valence-electron chi connectivity index (χ0n) is 24.1. The van der Waals surface area contributed by atoms with Gasteiger partial charge in [-0.3, -0.25) is 19.7 Å². The van der Waals surface area contributed by atoms with E-state index in [2.05, 4.69) is 10.6 Å². The summed E-state index contributed by atoms with van der Waals surface area (Å²) in [4.78, 5) is 60.9. The molecule has 1 aliphatic carbocycles. The van der Waals surface area contributed by atoms with Gasteiger partial charge in [-0.25, -0.2) is 14.5 Å². The third-order valence-electron chi connectivity index (χ3n) is 6.41. The van der Waals surface area contributed by atoms with E-state index in [1.807, 2.05) is 6.07 Å². The van der Waals surface area contributed by atoms with Crippen LogP contribution in [0.1, 0.15) is 52.0 Å². The predicted molar refractivity (Wildman–Crippen MR) is 165 cm³/mol. The first-order valence-electron chi connectivity index (χ1n) is 13.8. The number of carbonyl (C=O) groups is 5. The Balaban J connectivity index is 0.000000259. The molecule has 2 aromatic rings. The topological polar surface area (TPSA) is 131 Å². The molecule has 1 atom stereocenters. The fourth-order valence-corrected chi connectivity index (χ4v) is 4.70. The van der Waals surface area contributed by atoms with E-state index < -0.39 is 18.2 Å². The fourth-order valence-electron chi connectivity index (χ4n) is 4.35. The molecule has 0 saturated carbocycles. The Bertz CT molecular complexity index is 1410. The molecule has 0 radical (unpaired) electrons. The number of benzene rings is 2. The molecule has 10 nitrogen and oxygen atoms in total. The molecule has 1 aliphatic heterocycles. The number of para-hydroxylation sites is 1. The van der Waals surface area contributed by atoms with Crippen LogP contribution in [0.25, 0.3) is 6.08 Å². The molecular formula is C31H33Cl2N3O7. The van der Waals surface area contributed by atoms with Crippen molar-refractivity contribution < 1.29 is 33.4 Å². The lowest BCUT2D eigenvalue weighted by Crippen LogP contribution is -2.36. The number of nitrogens with zero attached hydrogens (tertiary/aromatic N) is 1. The third-order valence-corrected chi connectivity index (χ3v) is 7.01. The Morgan fingerprint density at radius 2 is 1.63 bits per heavy atom. The van der Waals surface area contributed by atoms with Crippen molar-refractivity contribution >= 4 is 70.4 Å². The Labute approximate surface area is 260 Å². The van der Waals surface area contributed by atoms with E-state index in [0.29, 0.717) is 52.5 Å². The largest absolute Gasteiger partial charge is 0.462 e. The lowest BCUT2D eigenvalue weighted by molar-refractivity contribution is -0.137. The van der Waals surface area contributed by atoms with Gasteiger partial charge in [0.1, 0.15) is 5.03 Å². The Morgan fingerprint density at radius 1 is 1.00 bits per heavy atom. The predicted octanol–water partition coefficient (Wildman–Crippen LogP) is 5.99. The van der Waals surface area contributed by atoms with E-state index >= 15 is 0 Å². The summed E-state index contributed by atoms with van der Waals surface area (Å²) in [5, 5.41) is 5.30. The number of amides is 4. The molecule has 1 unspecified atom stereocenters. The SMILES string of the molecule is CCNC(=O)C(C)OC(=O)Nc1ccccc1.CCOC(=O)/C(Cl)=C/c1cc(N2C(=O)C3=C(CCCC3)C2=O)ccc1Cl. The van der Waals surface area contributed by atoms with Crippen molar-refractivity contribution in [2.45, 2.75) is 52.6 Å². The van der Waals surface area contributed by atoms with Crippen LogP contribution in [0.5, 0.6) is 0 Å². The number of ether oxygens (including phenoxy) is 2. The first kappa shape index (κ1) is 33.4. The van der Waals surface area contributed by atoms with Crippen molar-refractivity contribution in [3.8, 4) is 0 Å². The molecule has 0 saturated heterocycles. The van der Waals surface area contributed by atoms with Crippen molar-refractivity contribution in [2.75, 3.05) is 23.4 Å². The Morgan fingerprint density at radius 3 is 2.21 bits per heavy atom. The average molecular weight is 631 g/mol. The highest BCUT2D eigenvalue weighted by atomic mass is 35.5. The summed E-state index contributed by atoms with van der Waals surface area (Å²) >= 11 is 12.1. The number of halogens is 2. The summed E-state index contributed by atoms with van der Waals surface area (Å²) in [7, 11) is 0. The van der Waals surface area contributed by atoms with Gasteiger partial charge in [0, 0.05) is 28.4 Å². The van der Waals surface area contributed by atoms with E-state index in [0.717, 1.165) is 12.8 Å². The van der Waals surface area contributed by atoms with Gasteiger partial charge >= 0.3 is 12.1 Å². The lowest BCUT2D eigenvalue weighted by atomic mass is 9.93. The van der Waals surface area contributed by atoms with Gasteiger partial charge in [-0.15, -0.1) is 0 Å². The van der Waals surface area contributed by atoms with Crippen LogP contribution in [0.3, 0.4) is 0 Å². The molecule has 2 aliphatic rings. The maximum absolute atomic E-state index is 12.7. The van der Waals surface area contributed by atoms with Crippen molar-refractivity contribution in [3.05, 3.63) is 75.3 Å². The maximum Gasteiger partial charge on any atom is 0.412 e. The van der Waals surface area contributed by atoms with Gasteiger partial charge in [0.15, 0.2) is 6.10 Å². The van der Waals surface area contributed by atoms with Gasteiger partial charge in [0.2, 0.25) is 0 Å². The van der Waals surface area contributed by atoms with Crippen LogP contribution in [0.2, 0.25) is 5.02 Å². The van der Waals surface area contributed by atoms with E-state index in [9.17, 15) is 24.0 Å². The normalized spacial score (nSPS) is 15.2. The van der Waals surface area contributed by atoms with Gasteiger partial charge in [-0.1, -0.05) is 41.4 Å². The van der Waals surface area contributed by atoms with Crippen molar-refractivity contribution in [1.82, 2.24) is 5.32 Å². The average Bonchev–Trinajstić information content (AvgIpc) is 3.24. The van der Waals surface area contributed by atoms with E-state index in [1.54, 1.807) is 56.3 Å². The van der Waals surface area contributed by atoms with Crippen molar-refractivity contribution in [2.24, 2.45) is 0 Å². The van der Waals surface area contributed by atoms with Crippen LogP contribution >= 0.6 is 23.2 Å². The third kappa shape index (κ3) is 8.92. The summed E-state index contributed by atoms with van der Waals surface area (Å²) in [6, 6.07) is 13.6. The summed E-state index contributed by atoms with van der Waals surface area (Å²) in [6.07, 6.45) is 3.00. The Kier molecular flexibility index (Phi) is 12.3. The molecule has 2 aromatic carbocycles. The van der Waals surface area contributed by atoms with Crippen LogP contribution in [-0.4, -0.2) is 49.0 Å². The number of hydrogen-bond donors (Lipinski definition) is 2. The number of imide groups is 1. The van der Waals surface area contributed by atoms with E-state index in [1.165, 1.54) is 17.9 Å². The minimum Gasteiger partial charge on any atom is -0.462 e. The van der Waals surface area contributed by atoms with Crippen molar-refractivity contribution in [3.63, 3.8) is 0 Å². The monoisotopic (exact) mass is 629 g/mol. The van der Waals surface area contributed by atoms with Gasteiger partial charge in [0.05, 0.1) is 12.3 Å². The molecule has 43 heavy (non-hydrogen) atoms. The number of nitrogens with one attached hydrogen (secondary N) is 2. The van der Waals surface area contributed by atoms with Gasteiger partial charge < -0.3 is 14.8 Å². The van der Waals surface area contributed by atoms with Gasteiger partial charge in [-0.05, 0) is 88.4 Å². The molecule has 1 heterocycles. The molecule has 4 rings (SSSR count). The first-order chi connectivity index (χ1) is 20.6. The molecule has 228 valence electrons. The second-order valence-electron chi connectivity index (χ2n) is 9.46. The van der Waals surface area contributed by atoms with Crippen LogP contribution in [-0.2, 0) is 28.7 Å². The second kappa shape index (κ2) is 15.9. The molecule has 4 amide bonds.